The lowest BCUT2D eigenvalue weighted by atomic mass is 10.2. The predicted molar refractivity (Wildman–Crippen MR) is 75.0 cm³/mol. The van der Waals surface area contributed by atoms with Crippen LogP contribution in [0.1, 0.15) is 11.1 Å². The van der Waals surface area contributed by atoms with Gasteiger partial charge in [0.25, 0.3) is 5.69 Å². The number of hydrogen-bond acceptors (Lipinski definition) is 3. The van der Waals surface area contributed by atoms with Gasteiger partial charge in [0.1, 0.15) is 0 Å². The highest BCUT2D eigenvalue weighted by molar-refractivity contribution is 6.31. The van der Waals surface area contributed by atoms with Gasteiger partial charge in [0.15, 0.2) is 11.6 Å². The van der Waals surface area contributed by atoms with Gasteiger partial charge < -0.3 is 5.32 Å². The van der Waals surface area contributed by atoms with E-state index < -0.39 is 16.6 Å². The first kappa shape index (κ1) is 15.3. The average molecular weight is 313 g/mol. The fourth-order valence-corrected chi connectivity index (χ4v) is 1.99. The summed E-state index contributed by atoms with van der Waals surface area (Å²) in [6, 6.07) is 7.75. The fraction of sp³-hybridized carbons (Fsp3) is 0.143. The van der Waals surface area contributed by atoms with E-state index in [0.717, 1.165) is 12.1 Å². The number of rotatable bonds is 5. The molecule has 0 bridgehead atoms. The van der Waals surface area contributed by atoms with Crippen molar-refractivity contribution in [3.05, 3.63) is 74.3 Å². The first-order valence-electron chi connectivity index (χ1n) is 6.05. The number of nitro groups is 1. The van der Waals surface area contributed by atoms with Crippen LogP contribution in [0.3, 0.4) is 0 Å². The summed E-state index contributed by atoms with van der Waals surface area (Å²) in [4.78, 5) is 10.2. The lowest BCUT2D eigenvalue weighted by molar-refractivity contribution is -0.384. The normalized spacial score (nSPS) is 10.6. The van der Waals surface area contributed by atoms with Crippen molar-refractivity contribution in [1.29, 1.82) is 0 Å². The van der Waals surface area contributed by atoms with Crippen LogP contribution in [-0.2, 0) is 13.1 Å². The molecular formula is C14H11ClF2N2O2. The smallest absolute Gasteiger partial charge is 0.269 e. The molecule has 0 saturated heterocycles. The Morgan fingerprint density at radius 2 is 1.86 bits per heavy atom. The molecule has 2 aromatic rings. The maximum absolute atomic E-state index is 13.0. The summed E-state index contributed by atoms with van der Waals surface area (Å²) in [5.74, 6) is -1.82. The second-order valence-electron chi connectivity index (χ2n) is 4.38. The summed E-state index contributed by atoms with van der Waals surface area (Å²) < 4.78 is 25.8. The highest BCUT2D eigenvalue weighted by Crippen LogP contribution is 2.22. The molecule has 0 aliphatic carbocycles. The molecule has 2 aromatic carbocycles. The molecule has 21 heavy (non-hydrogen) atoms. The molecule has 0 aliphatic rings. The summed E-state index contributed by atoms with van der Waals surface area (Å²) in [6.45, 7) is 0.565. The monoisotopic (exact) mass is 312 g/mol. The Labute approximate surface area is 124 Å². The van der Waals surface area contributed by atoms with Crippen molar-refractivity contribution in [2.45, 2.75) is 13.1 Å². The molecule has 0 amide bonds. The van der Waals surface area contributed by atoms with Crippen molar-refractivity contribution in [2.75, 3.05) is 0 Å². The topological polar surface area (TPSA) is 55.2 Å². The van der Waals surface area contributed by atoms with E-state index in [1.54, 1.807) is 0 Å². The van der Waals surface area contributed by atoms with E-state index in [4.69, 9.17) is 11.6 Å². The maximum Gasteiger partial charge on any atom is 0.269 e. The molecule has 4 nitrogen and oxygen atoms in total. The van der Waals surface area contributed by atoms with Crippen LogP contribution in [0.25, 0.3) is 0 Å². The summed E-state index contributed by atoms with van der Waals surface area (Å²) >= 11 is 5.96. The Morgan fingerprint density at radius 3 is 2.52 bits per heavy atom. The van der Waals surface area contributed by atoms with Crippen LogP contribution >= 0.6 is 11.6 Å². The molecule has 0 radical (unpaired) electrons. The minimum Gasteiger partial charge on any atom is -0.309 e. The third kappa shape index (κ3) is 3.96. The fourth-order valence-electron chi connectivity index (χ4n) is 1.80. The van der Waals surface area contributed by atoms with Gasteiger partial charge in [-0.05, 0) is 29.3 Å². The van der Waals surface area contributed by atoms with Gasteiger partial charge in [-0.2, -0.15) is 0 Å². The molecule has 0 heterocycles. The van der Waals surface area contributed by atoms with Crippen molar-refractivity contribution in [1.82, 2.24) is 5.32 Å². The van der Waals surface area contributed by atoms with Gasteiger partial charge in [0.05, 0.1) is 4.92 Å². The Morgan fingerprint density at radius 1 is 1.10 bits per heavy atom. The molecule has 0 unspecified atom stereocenters. The van der Waals surface area contributed by atoms with Crippen molar-refractivity contribution < 1.29 is 13.7 Å². The van der Waals surface area contributed by atoms with E-state index in [-0.39, 0.29) is 18.8 Å². The molecule has 0 fully saturated rings. The minimum absolute atomic E-state index is 0.0518. The van der Waals surface area contributed by atoms with E-state index in [2.05, 4.69) is 5.32 Å². The summed E-state index contributed by atoms with van der Waals surface area (Å²) in [7, 11) is 0. The van der Waals surface area contributed by atoms with Crippen LogP contribution < -0.4 is 5.32 Å². The zero-order chi connectivity index (χ0) is 15.4. The first-order chi connectivity index (χ1) is 9.97. The van der Waals surface area contributed by atoms with Gasteiger partial charge in [-0.15, -0.1) is 0 Å². The second kappa shape index (κ2) is 6.60. The SMILES string of the molecule is O=[N+]([O-])c1ccc(Cl)c(CNCc2ccc(F)c(F)c2)c1. The van der Waals surface area contributed by atoms with Crippen LogP contribution in [-0.4, -0.2) is 4.92 Å². The molecular weight excluding hydrogens is 302 g/mol. The molecule has 0 saturated carbocycles. The largest absolute Gasteiger partial charge is 0.309 e. The van der Waals surface area contributed by atoms with E-state index in [1.165, 1.54) is 24.3 Å². The number of halogens is 3. The predicted octanol–water partition coefficient (Wildman–Crippen LogP) is 3.82. The summed E-state index contributed by atoms with van der Waals surface area (Å²) in [5, 5.41) is 14.1. The summed E-state index contributed by atoms with van der Waals surface area (Å²) in [5.41, 5.74) is 1.08. The lowest BCUT2D eigenvalue weighted by Crippen LogP contribution is -2.13. The van der Waals surface area contributed by atoms with E-state index in [9.17, 15) is 18.9 Å². The molecule has 0 spiro atoms. The molecule has 2 rings (SSSR count). The van der Waals surface area contributed by atoms with Crippen LogP contribution in [0.15, 0.2) is 36.4 Å². The molecule has 110 valence electrons. The third-order valence-corrected chi connectivity index (χ3v) is 3.24. The average Bonchev–Trinajstić information content (AvgIpc) is 2.44. The molecule has 7 heteroatoms. The molecule has 1 N–H and O–H groups in total. The van der Waals surface area contributed by atoms with E-state index >= 15 is 0 Å². The third-order valence-electron chi connectivity index (χ3n) is 2.87. The zero-order valence-corrected chi connectivity index (χ0v) is 11.5. The van der Waals surface area contributed by atoms with Gasteiger partial charge in [-0.1, -0.05) is 17.7 Å². The molecule has 0 aromatic heterocycles. The maximum atomic E-state index is 13.0. The van der Waals surface area contributed by atoms with Crippen molar-refractivity contribution in [2.24, 2.45) is 0 Å². The number of nitro benzene ring substituents is 1. The van der Waals surface area contributed by atoms with E-state index in [0.29, 0.717) is 16.1 Å². The number of benzene rings is 2. The zero-order valence-electron chi connectivity index (χ0n) is 10.8. The van der Waals surface area contributed by atoms with Crippen LogP contribution in [0.5, 0.6) is 0 Å². The second-order valence-corrected chi connectivity index (χ2v) is 4.79. The lowest BCUT2D eigenvalue weighted by Gasteiger charge is -2.07. The van der Waals surface area contributed by atoms with Gasteiger partial charge in [-0.25, -0.2) is 8.78 Å². The Hall–Kier alpha value is -2.05. The molecule has 0 atom stereocenters. The van der Waals surface area contributed by atoms with Crippen LogP contribution in [0.2, 0.25) is 5.02 Å². The Bertz CT molecular complexity index is 680. The number of nitrogens with one attached hydrogen (secondary N) is 1. The van der Waals surface area contributed by atoms with E-state index in [1.807, 2.05) is 0 Å². The standard InChI is InChI=1S/C14H11ClF2N2O2/c15-12-3-2-11(19(20)21)6-10(12)8-18-7-9-1-4-13(16)14(17)5-9/h1-6,18H,7-8H2. The van der Waals surface area contributed by atoms with Gasteiger partial charge in [-0.3, -0.25) is 10.1 Å². The number of non-ortho nitro benzene ring substituents is 1. The number of hydrogen-bond donors (Lipinski definition) is 1. The van der Waals surface area contributed by atoms with Crippen LogP contribution in [0.4, 0.5) is 14.5 Å². The minimum atomic E-state index is -0.914. The Kier molecular flexibility index (Phi) is 4.82. The summed E-state index contributed by atoms with van der Waals surface area (Å²) in [6.07, 6.45) is 0. The van der Waals surface area contributed by atoms with Gasteiger partial charge in [0, 0.05) is 30.2 Å². The Balaban J connectivity index is 2.01. The quantitative estimate of drug-likeness (QED) is 0.674. The highest BCUT2D eigenvalue weighted by Gasteiger charge is 2.09. The van der Waals surface area contributed by atoms with Gasteiger partial charge in [0.2, 0.25) is 0 Å². The van der Waals surface area contributed by atoms with Crippen molar-refractivity contribution >= 4 is 17.3 Å². The van der Waals surface area contributed by atoms with Crippen LogP contribution in [0, 0.1) is 21.7 Å². The highest BCUT2D eigenvalue weighted by atomic mass is 35.5. The van der Waals surface area contributed by atoms with Crippen molar-refractivity contribution in [3.8, 4) is 0 Å². The first-order valence-corrected chi connectivity index (χ1v) is 6.42. The van der Waals surface area contributed by atoms with Crippen molar-refractivity contribution in [3.63, 3.8) is 0 Å². The number of nitrogens with zero attached hydrogens (tertiary/aromatic N) is 1. The van der Waals surface area contributed by atoms with Gasteiger partial charge >= 0.3 is 0 Å². The molecule has 0 aliphatic heterocycles.